The Kier molecular flexibility index (Phi) is 5.14. The molecule has 0 radical (unpaired) electrons. The molecule has 1 heterocycles. The van der Waals surface area contributed by atoms with Crippen molar-refractivity contribution in [1.82, 2.24) is 0 Å². The van der Waals surface area contributed by atoms with Gasteiger partial charge >= 0.3 is 0 Å². The van der Waals surface area contributed by atoms with E-state index in [1.54, 1.807) is 55.5 Å². The summed E-state index contributed by atoms with van der Waals surface area (Å²) in [5, 5.41) is -0.231. The highest BCUT2D eigenvalue weighted by Gasteiger charge is 2.35. The molecule has 0 N–H and O–H groups in total. The Morgan fingerprint density at radius 1 is 1.12 bits per heavy atom. The van der Waals surface area contributed by atoms with Crippen molar-refractivity contribution in [2.45, 2.75) is 5.37 Å². The van der Waals surface area contributed by atoms with Gasteiger partial charge in [-0.05, 0) is 29.8 Å². The third-order valence-corrected chi connectivity index (χ3v) is 5.05. The van der Waals surface area contributed by atoms with Crippen LogP contribution in [0.3, 0.4) is 0 Å². The summed E-state index contributed by atoms with van der Waals surface area (Å²) in [7, 11) is 3.13. The highest BCUT2D eigenvalue weighted by molar-refractivity contribution is 8.00. The van der Waals surface area contributed by atoms with E-state index < -0.39 is 0 Å². The zero-order chi connectivity index (χ0) is 17.8. The van der Waals surface area contributed by atoms with Crippen LogP contribution in [0, 0.1) is 0 Å². The van der Waals surface area contributed by atoms with Gasteiger partial charge in [-0.3, -0.25) is 14.5 Å². The molecule has 6 nitrogen and oxygen atoms in total. The molecule has 1 fully saturated rings. The van der Waals surface area contributed by atoms with Crippen LogP contribution in [0.2, 0.25) is 0 Å². The summed E-state index contributed by atoms with van der Waals surface area (Å²) in [6.07, 6.45) is 0. The van der Waals surface area contributed by atoms with Crippen molar-refractivity contribution in [1.29, 1.82) is 0 Å². The van der Waals surface area contributed by atoms with Crippen LogP contribution in [0.15, 0.2) is 42.5 Å². The predicted octanol–water partition coefficient (Wildman–Crippen LogP) is 3.02. The maximum absolute atomic E-state index is 12.5. The van der Waals surface area contributed by atoms with Gasteiger partial charge in [0.25, 0.3) is 6.47 Å². The summed E-state index contributed by atoms with van der Waals surface area (Å²) < 4.78 is 15.6. The highest BCUT2D eigenvalue weighted by atomic mass is 32.2. The summed E-state index contributed by atoms with van der Waals surface area (Å²) in [5.74, 6) is 1.99. The van der Waals surface area contributed by atoms with Crippen molar-refractivity contribution >= 4 is 29.8 Å². The third-order valence-electron chi connectivity index (χ3n) is 3.84. The number of carbonyl (C=O) groups excluding carboxylic acids is 2. The summed E-state index contributed by atoms with van der Waals surface area (Å²) in [5.41, 5.74) is 1.54. The molecule has 2 aromatic rings. The van der Waals surface area contributed by atoms with E-state index in [9.17, 15) is 9.59 Å². The van der Waals surface area contributed by atoms with Crippen molar-refractivity contribution in [2.75, 3.05) is 24.9 Å². The second-order valence-electron chi connectivity index (χ2n) is 5.25. The minimum absolute atomic E-state index is 0.0137. The van der Waals surface area contributed by atoms with Crippen molar-refractivity contribution in [2.24, 2.45) is 0 Å². The van der Waals surface area contributed by atoms with Gasteiger partial charge in [-0.15, -0.1) is 11.8 Å². The molecule has 130 valence electrons. The third kappa shape index (κ3) is 3.41. The van der Waals surface area contributed by atoms with E-state index in [0.717, 1.165) is 5.56 Å². The molecule has 1 unspecified atom stereocenters. The van der Waals surface area contributed by atoms with Crippen molar-refractivity contribution in [3.05, 3.63) is 48.0 Å². The lowest BCUT2D eigenvalue weighted by molar-refractivity contribution is -0.120. The monoisotopic (exact) mass is 359 g/mol. The average Bonchev–Trinajstić information content (AvgIpc) is 3.03. The van der Waals surface area contributed by atoms with Gasteiger partial charge < -0.3 is 14.2 Å². The predicted molar refractivity (Wildman–Crippen MR) is 95.4 cm³/mol. The fourth-order valence-corrected chi connectivity index (χ4v) is 3.87. The lowest BCUT2D eigenvalue weighted by atomic mass is 10.1. The van der Waals surface area contributed by atoms with Gasteiger partial charge in [0, 0.05) is 6.07 Å². The maximum Gasteiger partial charge on any atom is 0.298 e. The number of amides is 1. The van der Waals surface area contributed by atoms with Crippen LogP contribution in [0.25, 0.3) is 0 Å². The number of hydrogen-bond acceptors (Lipinski definition) is 6. The number of nitrogens with zero attached hydrogens (tertiary/aromatic N) is 1. The Balaban J connectivity index is 2.00. The quantitative estimate of drug-likeness (QED) is 0.739. The number of methoxy groups -OCH3 is 2. The van der Waals surface area contributed by atoms with Gasteiger partial charge in [-0.25, -0.2) is 0 Å². The van der Waals surface area contributed by atoms with Crippen LogP contribution in [0.4, 0.5) is 5.69 Å². The van der Waals surface area contributed by atoms with Crippen LogP contribution in [0.1, 0.15) is 10.9 Å². The molecule has 7 heteroatoms. The molecule has 1 saturated heterocycles. The smallest absolute Gasteiger partial charge is 0.298 e. The van der Waals surface area contributed by atoms with Gasteiger partial charge in [0.2, 0.25) is 5.91 Å². The van der Waals surface area contributed by atoms with Gasteiger partial charge in [0.05, 0.1) is 25.7 Å². The molecule has 1 aliphatic heterocycles. The molecule has 2 aromatic carbocycles. The number of hydrogen-bond donors (Lipinski definition) is 0. The molecule has 0 aromatic heterocycles. The molecule has 1 aliphatic rings. The van der Waals surface area contributed by atoms with Crippen LogP contribution in [0.5, 0.6) is 17.2 Å². The first-order chi connectivity index (χ1) is 12.2. The first kappa shape index (κ1) is 17.2. The summed E-state index contributed by atoms with van der Waals surface area (Å²) in [6.45, 7) is 0.385. The zero-order valence-electron chi connectivity index (χ0n) is 13.8. The first-order valence-corrected chi connectivity index (χ1v) is 8.58. The van der Waals surface area contributed by atoms with Crippen LogP contribution in [-0.2, 0) is 9.59 Å². The van der Waals surface area contributed by atoms with Gasteiger partial charge in [0.1, 0.15) is 22.6 Å². The molecule has 3 rings (SSSR count). The number of carbonyl (C=O) groups is 2. The lowest BCUT2D eigenvalue weighted by Crippen LogP contribution is -2.28. The van der Waals surface area contributed by atoms with Crippen molar-refractivity contribution < 1.29 is 23.8 Å². The van der Waals surface area contributed by atoms with Crippen LogP contribution < -0.4 is 19.1 Å². The molecular weight excluding hydrogens is 342 g/mol. The first-order valence-electron chi connectivity index (χ1n) is 7.54. The van der Waals surface area contributed by atoms with E-state index in [4.69, 9.17) is 14.2 Å². The second-order valence-corrected chi connectivity index (χ2v) is 6.32. The molecule has 0 aliphatic carbocycles. The van der Waals surface area contributed by atoms with Crippen LogP contribution in [-0.4, -0.2) is 32.4 Å². The van der Waals surface area contributed by atoms with Gasteiger partial charge in [-0.2, -0.15) is 0 Å². The summed E-state index contributed by atoms with van der Waals surface area (Å²) >= 11 is 1.51. The number of anilines is 1. The largest absolute Gasteiger partial charge is 0.497 e. The molecule has 0 saturated carbocycles. The summed E-state index contributed by atoms with van der Waals surface area (Å²) in [4.78, 5) is 24.8. The Bertz CT molecular complexity index is 795. The maximum atomic E-state index is 12.5. The minimum atomic E-state index is -0.231. The SMILES string of the molecule is COc1ccc(N2C(=O)CSC2c2cccc(OC=O)c2)c(OC)c1. The molecule has 1 atom stereocenters. The molecular formula is C18H17NO5S. The van der Waals surface area contributed by atoms with Crippen molar-refractivity contribution in [3.8, 4) is 17.2 Å². The molecule has 0 bridgehead atoms. The fraction of sp³-hybridized carbons (Fsp3) is 0.222. The Labute approximate surface area is 149 Å². The average molecular weight is 359 g/mol. The van der Waals surface area contributed by atoms with E-state index in [1.807, 2.05) is 6.07 Å². The topological polar surface area (TPSA) is 65.1 Å². The van der Waals surface area contributed by atoms with E-state index in [2.05, 4.69) is 0 Å². The second kappa shape index (κ2) is 7.48. The Morgan fingerprint density at radius 2 is 1.96 bits per heavy atom. The Hall–Kier alpha value is -2.67. The van der Waals surface area contributed by atoms with Gasteiger partial charge in [0.15, 0.2) is 0 Å². The fourth-order valence-electron chi connectivity index (χ4n) is 2.71. The zero-order valence-corrected chi connectivity index (χ0v) is 14.6. The summed E-state index contributed by atoms with van der Waals surface area (Å²) in [6, 6.07) is 12.5. The number of benzene rings is 2. The Morgan fingerprint density at radius 3 is 2.68 bits per heavy atom. The number of thioether (sulfide) groups is 1. The molecule has 0 spiro atoms. The normalized spacial score (nSPS) is 16.6. The molecule has 1 amide bonds. The molecule has 25 heavy (non-hydrogen) atoms. The number of rotatable bonds is 6. The van der Waals surface area contributed by atoms with E-state index >= 15 is 0 Å². The highest BCUT2D eigenvalue weighted by Crippen LogP contribution is 2.46. The van der Waals surface area contributed by atoms with E-state index in [-0.39, 0.29) is 11.3 Å². The van der Waals surface area contributed by atoms with Crippen molar-refractivity contribution in [3.63, 3.8) is 0 Å². The lowest BCUT2D eigenvalue weighted by Gasteiger charge is -2.26. The number of ether oxygens (including phenoxy) is 3. The van der Waals surface area contributed by atoms with E-state index in [0.29, 0.717) is 35.2 Å². The van der Waals surface area contributed by atoms with Crippen LogP contribution >= 0.6 is 11.8 Å². The minimum Gasteiger partial charge on any atom is -0.497 e. The van der Waals surface area contributed by atoms with Gasteiger partial charge in [-0.1, -0.05) is 12.1 Å². The standard InChI is InChI=1S/C18H17NO5S/c1-22-13-6-7-15(16(9-13)23-2)19-17(21)10-25-18(19)12-4-3-5-14(8-12)24-11-20/h3-9,11,18H,10H2,1-2H3. The van der Waals surface area contributed by atoms with E-state index in [1.165, 1.54) is 11.8 Å².